The minimum absolute atomic E-state index is 0.0796. The first-order valence-electron chi connectivity index (χ1n) is 6.27. The van der Waals surface area contributed by atoms with Crippen LogP contribution in [0, 0.1) is 0 Å². The van der Waals surface area contributed by atoms with Gasteiger partial charge in [0.05, 0.1) is 12.9 Å². The van der Waals surface area contributed by atoms with E-state index in [1.54, 1.807) is 0 Å². The van der Waals surface area contributed by atoms with E-state index in [1.807, 2.05) is 0 Å². The highest BCUT2D eigenvalue weighted by atomic mass is 31.2. The van der Waals surface area contributed by atoms with Crippen molar-refractivity contribution in [1.29, 1.82) is 0 Å². The molecule has 0 fully saturated rings. The van der Waals surface area contributed by atoms with Crippen LogP contribution in [0.25, 0.3) is 0 Å². The Hall–Kier alpha value is -0.430. The van der Waals surface area contributed by atoms with E-state index in [0.717, 1.165) is 25.7 Å². The van der Waals surface area contributed by atoms with E-state index < -0.39 is 13.8 Å². The van der Waals surface area contributed by atoms with Gasteiger partial charge >= 0.3 is 7.82 Å². The summed E-state index contributed by atoms with van der Waals surface area (Å²) in [6, 6.07) is 0. The lowest BCUT2D eigenvalue weighted by molar-refractivity contribution is -0.273. The summed E-state index contributed by atoms with van der Waals surface area (Å²) in [5.74, 6) is -3.08. The molecule has 19 heavy (non-hydrogen) atoms. The van der Waals surface area contributed by atoms with E-state index in [-0.39, 0.29) is 6.61 Å². The highest BCUT2D eigenvalue weighted by Gasteiger charge is 2.21. The summed E-state index contributed by atoms with van der Waals surface area (Å²) in [6.45, 7) is 2.20. The van der Waals surface area contributed by atoms with E-state index in [2.05, 4.69) is 16.0 Å². The van der Waals surface area contributed by atoms with Crippen molar-refractivity contribution in [2.24, 2.45) is 0 Å². The highest BCUT2D eigenvalue weighted by Crippen LogP contribution is 2.43. The third-order valence-electron chi connectivity index (χ3n) is 2.24. The van der Waals surface area contributed by atoms with Crippen LogP contribution in [-0.2, 0) is 13.6 Å². The van der Waals surface area contributed by atoms with Crippen molar-refractivity contribution in [2.45, 2.75) is 51.4 Å². The van der Waals surface area contributed by atoms with Crippen LogP contribution in [0.1, 0.15) is 45.4 Å². The standard InChI is InChI=1S/C11H23O7P/c1-2-3-4-5-6-7-9-17-19(15,16)18-10-8-11(12,13)14/h8,10,12-14H,2-7,9H2,1H3,(H,15,16). The highest BCUT2D eigenvalue weighted by molar-refractivity contribution is 7.47. The third-order valence-corrected chi connectivity index (χ3v) is 3.14. The molecule has 0 saturated carbocycles. The Balaban J connectivity index is 3.68. The first-order chi connectivity index (χ1) is 8.77. The van der Waals surface area contributed by atoms with E-state index in [4.69, 9.17) is 20.2 Å². The zero-order valence-electron chi connectivity index (χ0n) is 11.1. The molecule has 7 nitrogen and oxygen atoms in total. The molecule has 0 aromatic carbocycles. The molecule has 0 bridgehead atoms. The molecular formula is C11H23O7P. The number of aliphatic hydroxyl groups is 3. The molecule has 0 aliphatic heterocycles. The second-order valence-electron chi connectivity index (χ2n) is 4.17. The molecular weight excluding hydrogens is 275 g/mol. The predicted molar refractivity (Wildman–Crippen MR) is 68.8 cm³/mol. The summed E-state index contributed by atoms with van der Waals surface area (Å²) in [4.78, 5) is 9.17. The van der Waals surface area contributed by atoms with Crippen LogP contribution in [0.15, 0.2) is 12.3 Å². The molecule has 1 atom stereocenters. The second kappa shape index (κ2) is 9.47. The fourth-order valence-electron chi connectivity index (χ4n) is 1.29. The lowest BCUT2D eigenvalue weighted by Gasteiger charge is -2.11. The molecule has 1 unspecified atom stereocenters. The minimum Gasteiger partial charge on any atom is -0.412 e. The van der Waals surface area contributed by atoms with Crippen LogP contribution in [0.2, 0.25) is 0 Å². The van der Waals surface area contributed by atoms with Crippen molar-refractivity contribution in [3.63, 3.8) is 0 Å². The lowest BCUT2D eigenvalue weighted by atomic mass is 10.1. The van der Waals surface area contributed by atoms with Gasteiger partial charge in [0.1, 0.15) is 0 Å². The maximum absolute atomic E-state index is 11.2. The summed E-state index contributed by atoms with van der Waals surface area (Å²) in [5.41, 5.74) is 0. The Bertz CT molecular complexity index is 298. The van der Waals surface area contributed by atoms with Crippen LogP contribution >= 0.6 is 7.82 Å². The minimum atomic E-state index is -4.26. The molecule has 0 aliphatic carbocycles. The number of hydrogen-bond donors (Lipinski definition) is 4. The normalized spacial score (nSPS) is 15.6. The van der Waals surface area contributed by atoms with Crippen molar-refractivity contribution in [1.82, 2.24) is 0 Å². The zero-order valence-corrected chi connectivity index (χ0v) is 12.0. The van der Waals surface area contributed by atoms with Gasteiger partial charge in [-0.15, -0.1) is 0 Å². The number of phosphoric acid groups is 1. The number of unbranched alkanes of at least 4 members (excludes halogenated alkanes) is 5. The first kappa shape index (κ1) is 18.6. The molecule has 114 valence electrons. The summed E-state index contributed by atoms with van der Waals surface area (Å²) in [7, 11) is -4.26. The molecule has 0 rings (SSSR count). The first-order valence-corrected chi connectivity index (χ1v) is 7.77. The van der Waals surface area contributed by atoms with Crippen molar-refractivity contribution in [3.8, 4) is 0 Å². The van der Waals surface area contributed by atoms with E-state index in [9.17, 15) is 4.57 Å². The molecule has 0 saturated heterocycles. The Morgan fingerprint density at radius 3 is 2.26 bits per heavy atom. The fourth-order valence-corrected chi connectivity index (χ4v) is 1.93. The monoisotopic (exact) mass is 298 g/mol. The van der Waals surface area contributed by atoms with E-state index in [0.29, 0.717) is 18.8 Å². The van der Waals surface area contributed by atoms with Gasteiger partial charge in [0, 0.05) is 6.08 Å². The number of rotatable bonds is 11. The van der Waals surface area contributed by atoms with Gasteiger partial charge in [-0.25, -0.2) is 4.57 Å². The molecule has 4 N–H and O–H groups in total. The Morgan fingerprint density at radius 1 is 1.11 bits per heavy atom. The molecule has 0 heterocycles. The molecule has 0 amide bonds. The summed E-state index contributed by atoms with van der Waals surface area (Å²) >= 11 is 0. The van der Waals surface area contributed by atoms with Gasteiger partial charge in [0.25, 0.3) is 5.97 Å². The largest absolute Gasteiger partial charge is 0.526 e. The van der Waals surface area contributed by atoms with Crippen LogP contribution in [0.4, 0.5) is 0 Å². The second-order valence-corrected chi connectivity index (χ2v) is 5.57. The van der Waals surface area contributed by atoms with Crippen molar-refractivity contribution >= 4 is 7.82 Å². The third kappa shape index (κ3) is 13.8. The average Bonchev–Trinajstić information content (AvgIpc) is 2.25. The van der Waals surface area contributed by atoms with Crippen LogP contribution in [-0.4, -0.2) is 32.8 Å². The SMILES string of the molecule is CCCCCCCCOP(=O)(O)OC=CC(O)(O)O. The maximum Gasteiger partial charge on any atom is 0.526 e. The summed E-state index contributed by atoms with van der Waals surface area (Å²) in [5, 5.41) is 25.4. The van der Waals surface area contributed by atoms with Crippen molar-refractivity contribution in [2.75, 3.05) is 6.61 Å². The van der Waals surface area contributed by atoms with Crippen molar-refractivity contribution < 1.29 is 33.8 Å². The van der Waals surface area contributed by atoms with E-state index >= 15 is 0 Å². The molecule has 0 aliphatic rings. The van der Waals surface area contributed by atoms with Crippen LogP contribution < -0.4 is 0 Å². The van der Waals surface area contributed by atoms with Gasteiger partial charge in [0.2, 0.25) is 0 Å². The Morgan fingerprint density at radius 2 is 1.68 bits per heavy atom. The van der Waals surface area contributed by atoms with Gasteiger partial charge in [-0.1, -0.05) is 39.0 Å². The van der Waals surface area contributed by atoms with E-state index in [1.165, 1.54) is 6.42 Å². The summed E-state index contributed by atoms with van der Waals surface area (Å²) in [6.07, 6.45) is 6.97. The topological polar surface area (TPSA) is 116 Å². The fraction of sp³-hybridized carbons (Fsp3) is 0.818. The Labute approximate surface area is 113 Å². The maximum atomic E-state index is 11.2. The Kier molecular flexibility index (Phi) is 9.26. The number of hydrogen-bond acceptors (Lipinski definition) is 6. The number of phosphoric ester groups is 1. The quantitative estimate of drug-likeness (QED) is 0.198. The average molecular weight is 298 g/mol. The zero-order chi connectivity index (χ0) is 14.8. The van der Waals surface area contributed by atoms with Crippen molar-refractivity contribution in [3.05, 3.63) is 12.3 Å². The molecule has 0 spiro atoms. The van der Waals surface area contributed by atoms with Gasteiger partial charge in [-0.3, -0.25) is 9.42 Å². The van der Waals surface area contributed by atoms with Crippen LogP contribution in [0.3, 0.4) is 0 Å². The molecule has 0 aromatic rings. The smallest absolute Gasteiger partial charge is 0.412 e. The summed E-state index contributed by atoms with van der Waals surface area (Å²) < 4.78 is 20.2. The molecule has 0 aromatic heterocycles. The molecule has 0 radical (unpaired) electrons. The van der Waals surface area contributed by atoms with Gasteiger partial charge in [0.15, 0.2) is 0 Å². The van der Waals surface area contributed by atoms with Gasteiger partial charge < -0.3 is 19.8 Å². The predicted octanol–water partition coefficient (Wildman–Crippen LogP) is 1.62. The lowest BCUT2D eigenvalue weighted by Crippen LogP contribution is -2.23. The van der Waals surface area contributed by atoms with Gasteiger partial charge in [-0.2, -0.15) is 0 Å². The van der Waals surface area contributed by atoms with Gasteiger partial charge in [-0.05, 0) is 6.42 Å². The molecule has 8 heteroatoms. The van der Waals surface area contributed by atoms with Crippen LogP contribution in [0.5, 0.6) is 0 Å².